The van der Waals surface area contributed by atoms with E-state index in [9.17, 15) is 0 Å². The molecule has 1 aromatic carbocycles. The Morgan fingerprint density at radius 1 is 1.00 bits per heavy atom. The van der Waals surface area contributed by atoms with Gasteiger partial charge in [0.25, 0.3) is 0 Å². The molecule has 0 amide bonds. The Kier molecular flexibility index (Phi) is 6.95. The second kappa shape index (κ2) is 8.30. The van der Waals surface area contributed by atoms with E-state index in [-0.39, 0.29) is 0 Å². The maximum Gasteiger partial charge on any atom is 0.00640 e. The minimum Gasteiger partial charge on any atom is -0.317 e. The van der Waals surface area contributed by atoms with Gasteiger partial charge in [0, 0.05) is 6.04 Å². The Bertz CT molecular complexity index is 289. The van der Waals surface area contributed by atoms with Crippen LogP contribution >= 0.6 is 0 Å². The lowest BCUT2D eigenvalue weighted by Gasteiger charge is -2.14. The summed E-state index contributed by atoms with van der Waals surface area (Å²) < 4.78 is 0. The predicted molar refractivity (Wildman–Crippen MR) is 76.5 cm³/mol. The van der Waals surface area contributed by atoms with Crippen molar-refractivity contribution in [2.24, 2.45) is 0 Å². The minimum atomic E-state index is 0.704. The van der Waals surface area contributed by atoms with Crippen molar-refractivity contribution in [1.82, 2.24) is 5.32 Å². The summed E-state index contributed by atoms with van der Waals surface area (Å²) in [5.41, 5.74) is 2.92. The van der Waals surface area contributed by atoms with Crippen LogP contribution in [0.3, 0.4) is 0 Å². The summed E-state index contributed by atoms with van der Waals surface area (Å²) in [6.07, 6.45) is 7.50. The molecule has 0 aromatic heterocycles. The normalized spacial score (nSPS) is 12.6. The van der Waals surface area contributed by atoms with Crippen LogP contribution in [0.1, 0.15) is 50.7 Å². The van der Waals surface area contributed by atoms with Gasteiger partial charge in [0.2, 0.25) is 0 Å². The molecule has 0 aliphatic rings. The minimum absolute atomic E-state index is 0.704. The summed E-state index contributed by atoms with van der Waals surface area (Å²) in [4.78, 5) is 0. The fourth-order valence-corrected chi connectivity index (χ4v) is 2.28. The molecular weight excluding hydrogens is 206 g/mol. The number of hydrogen-bond donors (Lipinski definition) is 1. The van der Waals surface area contributed by atoms with Gasteiger partial charge in [-0.2, -0.15) is 0 Å². The Hall–Kier alpha value is -0.820. The van der Waals surface area contributed by atoms with E-state index in [0.717, 1.165) is 6.42 Å². The van der Waals surface area contributed by atoms with Crippen molar-refractivity contribution in [3.8, 4) is 0 Å². The quantitative estimate of drug-likeness (QED) is 0.716. The molecule has 0 heterocycles. The van der Waals surface area contributed by atoms with Crippen LogP contribution in [0.5, 0.6) is 0 Å². The van der Waals surface area contributed by atoms with Crippen LogP contribution in [0.25, 0.3) is 0 Å². The molecule has 1 atom stereocenters. The third-order valence-electron chi connectivity index (χ3n) is 3.49. The third kappa shape index (κ3) is 5.36. The molecule has 17 heavy (non-hydrogen) atoms. The van der Waals surface area contributed by atoms with E-state index in [4.69, 9.17) is 0 Å². The highest BCUT2D eigenvalue weighted by Gasteiger charge is 2.04. The van der Waals surface area contributed by atoms with Gasteiger partial charge in [-0.25, -0.2) is 0 Å². The molecule has 0 fully saturated rings. The Labute approximate surface area is 107 Å². The summed E-state index contributed by atoms with van der Waals surface area (Å²) in [5, 5.41) is 3.41. The van der Waals surface area contributed by atoms with Crippen LogP contribution in [0, 0.1) is 0 Å². The highest BCUT2D eigenvalue weighted by molar-refractivity contribution is 5.22. The van der Waals surface area contributed by atoms with E-state index in [2.05, 4.69) is 50.5 Å². The highest BCUT2D eigenvalue weighted by atomic mass is 14.9. The van der Waals surface area contributed by atoms with Gasteiger partial charge in [0.15, 0.2) is 0 Å². The molecule has 1 aromatic rings. The van der Waals surface area contributed by atoms with E-state index in [1.54, 1.807) is 0 Å². The zero-order chi connectivity index (χ0) is 12.5. The highest BCUT2D eigenvalue weighted by Crippen LogP contribution is 2.11. The van der Waals surface area contributed by atoms with E-state index in [1.807, 2.05) is 0 Å². The first kappa shape index (κ1) is 14.2. The van der Waals surface area contributed by atoms with Gasteiger partial charge in [-0.1, -0.05) is 44.5 Å². The molecular formula is C16H27N. The second-order valence-corrected chi connectivity index (χ2v) is 4.84. The SMILES string of the molecule is CCCC(CCCc1ccc(CC)cc1)NC. The van der Waals surface area contributed by atoms with Gasteiger partial charge in [-0.05, 0) is 50.3 Å². The molecule has 1 N–H and O–H groups in total. The molecule has 96 valence electrons. The zero-order valence-corrected chi connectivity index (χ0v) is 11.6. The molecule has 1 heteroatoms. The van der Waals surface area contributed by atoms with Crippen LogP contribution in [0.15, 0.2) is 24.3 Å². The molecule has 0 aliphatic heterocycles. The summed E-state index contributed by atoms with van der Waals surface area (Å²) >= 11 is 0. The van der Waals surface area contributed by atoms with Gasteiger partial charge in [-0.15, -0.1) is 0 Å². The van der Waals surface area contributed by atoms with Crippen molar-refractivity contribution in [2.45, 2.75) is 58.4 Å². The van der Waals surface area contributed by atoms with Crippen LogP contribution in [-0.2, 0) is 12.8 Å². The number of hydrogen-bond acceptors (Lipinski definition) is 1. The monoisotopic (exact) mass is 233 g/mol. The van der Waals surface area contributed by atoms with E-state index < -0.39 is 0 Å². The number of nitrogens with one attached hydrogen (secondary N) is 1. The average Bonchev–Trinajstić information content (AvgIpc) is 2.38. The predicted octanol–water partition coefficient (Wildman–Crippen LogP) is 3.96. The fourth-order valence-electron chi connectivity index (χ4n) is 2.28. The van der Waals surface area contributed by atoms with Crippen molar-refractivity contribution in [3.63, 3.8) is 0 Å². The van der Waals surface area contributed by atoms with Crippen LogP contribution in [-0.4, -0.2) is 13.1 Å². The van der Waals surface area contributed by atoms with E-state index >= 15 is 0 Å². The maximum absolute atomic E-state index is 3.41. The fraction of sp³-hybridized carbons (Fsp3) is 0.625. The van der Waals surface area contributed by atoms with E-state index in [0.29, 0.717) is 6.04 Å². The third-order valence-corrected chi connectivity index (χ3v) is 3.49. The van der Waals surface area contributed by atoms with Crippen LogP contribution < -0.4 is 5.32 Å². The molecule has 0 spiro atoms. The summed E-state index contributed by atoms with van der Waals surface area (Å²) in [5.74, 6) is 0. The standard InChI is InChI=1S/C16H27N/c1-4-7-16(17-3)9-6-8-15-12-10-14(5-2)11-13-15/h10-13,16-17H,4-9H2,1-3H3. The summed E-state index contributed by atoms with van der Waals surface area (Å²) in [6, 6.07) is 9.79. The zero-order valence-electron chi connectivity index (χ0n) is 11.6. The van der Waals surface area contributed by atoms with Crippen molar-refractivity contribution in [3.05, 3.63) is 35.4 Å². The van der Waals surface area contributed by atoms with Gasteiger partial charge in [-0.3, -0.25) is 0 Å². The molecule has 0 saturated heterocycles. The Morgan fingerprint density at radius 2 is 1.65 bits per heavy atom. The lowest BCUT2D eigenvalue weighted by atomic mass is 10.0. The van der Waals surface area contributed by atoms with Gasteiger partial charge < -0.3 is 5.32 Å². The Balaban J connectivity index is 2.29. The molecule has 1 unspecified atom stereocenters. The van der Waals surface area contributed by atoms with Gasteiger partial charge in [0.1, 0.15) is 0 Å². The maximum atomic E-state index is 3.41. The van der Waals surface area contributed by atoms with Crippen LogP contribution in [0.4, 0.5) is 0 Å². The van der Waals surface area contributed by atoms with Crippen molar-refractivity contribution < 1.29 is 0 Å². The lowest BCUT2D eigenvalue weighted by Crippen LogP contribution is -2.24. The molecule has 0 bridgehead atoms. The average molecular weight is 233 g/mol. The van der Waals surface area contributed by atoms with Crippen molar-refractivity contribution in [2.75, 3.05) is 7.05 Å². The summed E-state index contributed by atoms with van der Waals surface area (Å²) in [7, 11) is 2.08. The first-order valence-corrected chi connectivity index (χ1v) is 7.05. The first-order chi connectivity index (χ1) is 8.30. The van der Waals surface area contributed by atoms with Gasteiger partial charge in [0.05, 0.1) is 0 Å². The molecule has 0 radical (unpaired) electrons. The first-order valence-electron chi connectivity index (χ1n) is 7.05. The molecule has 0 aliphatic carbocycles. The lowest BCUT2D eigenvalue weighted by molar-refractivity contribution is 0.470. The number of rotatable bonds is 8. The number of benzene rings is 1. The number of aryl methyl sites for hydroxylation is 2. The Morgan fingerprint density at radius 3 is 2.18 bits per heavy atom. The second-order valence-electron chi connectivity index (χ2n) is 4.84. The van der Waals surface area contributed by atoms with E-state index in [1.165, 1.54) is 43.2 Å². The van der Waals surface area contributed by atoms with Gasteiger partial charge >= 0.3 is 0 Å². The molecule has 1 nitrogen and oxygen atoms in total. The smallest absolute Gasteiger partial charge is 0.00640 e. The van der Waals surface area contributed by atoms with Crippen LogP contribution in [0.2, 0.25) is 0 Å². The molecule has 0 saturated carbocycles. The van der Waals surface area contributed by atoms with Crippen molar-refractivity contribution >= 4 is 0 Å². The van der Waals surface area contributed by atoms with Crippen molar-refractivity contribution in [1.29, 1.82) is 0 Å². The molecule has 1 rings (SSSR count). The largest absolute Gasteiger partial charge is 0.317 e. The summed E-state index contributed by atoms with van der Waals surface area (Å²) in [6.45, 7) is 4.46. The topological polar surface area (TPSA) is 12.0 Å².